The molecule has 1 aliphatic rings. The third-order valence-electron chi connectivity index (χ3n) is 4.31. The number of carbonyl (C=O) groups is 4. The fraction of sp³-hybridized carbons (Fsp3) is 0.100. The zero-order valence-electron chi connectivity index (χ0n) is 14.7. The van der Waals surface area contributed by atoms with Crippen molar-refractivity contribution >= 4 is 67.2 Å². The van der Waals surface area contributed by atoms with E-state index < -0.39 is 22.3 Å². The number of amides is 3. The minimum Gasteiger partial charge on any atom is -0.450 e. The Balaban J connectivity index is 1.65. The Morgan fingerprint density at radius 3 is 2.52 bits per heavy atom. The Morgan fingerprint density at radius 1 is 1.10 bits per heavy atom. The van der Waals surface area contributed by atoms with Gasteiger partial charge in [0.05, 0.1) is 5.69 Å². The number of benzene rings is 2. The first kappa shape index (κ1) is 19.4. The average molecular weight is 473 g/mol. The lowest BCUT2D eigenvalue weighted by Crippen LogP contribution is -2.27. The summed E-state index contributed by atoms with van der Waals surface area (Å²) in [5, 5.41) is 4.13. The molecule has 1 unspecified atom stereocenters. The molecule has 7 nitrogen and oxygen atoms in total. The van der Waals surface area contributed by atoms with Crippen molar-refractivity contribution in [1.82, 2.24) is 5.32 Å². The number of nitrogens with one attached hydrogen (secondary N) is 2. The van der Waals surface area contributed by atoms with Crippen LogP contribution in [0.5, 0.6) is 0 Å². The maximum absolute atomic E-state index is 13.0. The number of halogens is 1. The van der Waals surface area contributed by atoms with Crippen molar-refractivity contribution in [2.24, 2.45) is 0 Å². The van der Waals surface area contributed by atoms with Crippen molar-refractivity contribution < 1.29 is 23.6 Å². The first-order valence-corrected chi connectivity index (χ1v) is 10.2. The number of rotatable bonds is 5. The monoisotopic (exact) mass is 472 g/mol. The van der Waals surface area contributed by atoms with Crippen molar-refractivity contribution in [2.75, 3.05) is 5.32 Å². The predicted molar refractivity (Wildman–Crippen MR) is 112 cm³/mol. The van der Waals surface area contributed by atoms with E-state index in [1.807, 2.05) is 0 Å². The van der Waals surface area contributed by atoms with Gasteiger partial charge in [0.2, 0.25) is 17.6 Å². The largest absolute Gasteiger partial charge is 0.450 e. The molecule has 1 aromatic heterocycles. The second-order valence-electron chi connectivity index (χ2n) is 6.27. The number of fused-ring (bicyclic) bond motifs is 1. The van der Waals surface area contributed by atoms with Gasteiger partial charge in [-0.1, -0.05) is 39.8 Å². The molecule has 1 saturated heterocycles. The second-order valence-corrected chi connectivity index (χ2v) is 8.37. The van der Waals surface area contributed by atoms with Gasteiger partial charge >= 0.3 is 0 Å². The smallest absolute Gasteiger partial charge is 0.286 e. The molecule has 2 N–H and O–H groups in total. The van der Waals surface area contributed by atoms with Gasteiger partial charge in [0.15, 0.2) is 5.76 Å². The Kier molecular flexibility index (Phi) is 5.25. The number of thioether (sulfide) groups is 1. The van der Waals surface area contributed by atoms with Crippen molar-refractivity contribution in [2.45, 2.75) is 11.7 Å². The van der Waals surface area contributed by atoms with Crippen LogP contribution in [0.3, 0.4) is 0 Å². The molecule has 2 aromatic carbocycles. The first-order chi connectivity index (χ1) is 13.9. The lowest BCUT2D eigenvalue weighted by atomic mass is 10.1. The maximum Gasteiger partial charge on any atom is 0.286 e. The number of hydrogen-bond donors (Lipinski definition) is 2. The molecule has 29 heavy (non-hydrogen) atoms. The SMILES string of the molecule is O=C(CC1SC(=O)NC1=O)Nc1c(C(=O)c2ccc(Br)cc2)oc2ccccc12. The number of hydrogen-bond acceptors (Lipinski definition) is 6. The van der Waals surface area contributed by atoms with Gasteiger partial charge in [-0.2, -0.15) is 0 Å². The van der Waals surface area contributed by atoms with Gasteiger partial charge in [0.1, 0.15) is 10.8 Å². The molecule has 9 heteroatoms. The normalized spacial score (nSPS) is 16.1. The van der Waals surface area contributed by atoms with E-state index in [2.05, 4.69) is 26.6 Å². The molecule has 0 aliphatic carbocycles. The number of ketones is 1. The zero-order chi connectivity index (χ0) is 20.5. The average Bonchev–Trinajstić information content (AvgIpc) is 3.21. The highest BCUT2D eigenvalue weighted by Crippen LogP contribution is 2.33. The lowest BCUT2D eigenvalue weighted by molar-refractivity contribution is -0.122. The summed E-state index contributed by atoms with van der Waals surface area (Å²) >= 11 is 4.10. The van der Waals surface area contributed by atoms with Gasteiger partial charge in [0.25, 0.3) is 5.24 Å². The van der Waals surface area contributed by atoms with Crippen LogP contribution in [0, 0.1) is 0 Å². The summed E-state index contributed by atoms with van der Waals surface area (Å²) in [5.74, 6) is -1.38. The van der Waals surface area contributed by atoms with E-state index >= 15 is 0 Å². The van der Waals surface area contributed by atoms with Crippen LogP contribution < -0.4 is 10.6 Å². The Bertz CT molecular complexity index is 1160. The second kappa shape index (κ2) is 7.84. The topological polar surface area (TPSA) is 105 Å². The number of imide groups is 1. The van der Waals surface area contributed by atoms with Gasteiger partial charge in [-0.25, -0.2) is 0 Å². The van der Waals surface area contributed by atoms with E-state index in [0.29, 0.717) is 16.5 Å². The minimum atomic E-state index is -0.800. The summed E-state index contributed by atoms with van der Waals surface area (Å²) < 4.78 is 6.57. The fourth-order valence-corrected chi connectivity index (χ4v) is 4.03. The number of carbonyl (C=O) groups excluding carboxylic acids is 4. The highest BCUT2D eigenvalue weighted by Gasteiger charge is 2.34. The summed E-state index contributed by atoms with van der Waals surface area (Å²) in [7, 11) is 0. The Morgan fingerprint density at radius 2 is 1.83 bits per heavy atom. The van der Waals surface area contributed by atoms with E-state index in [4.69, 9.17) is 4.42 Å². The van der Waals surface area contributed by atoms with Gasteiger partial charge in [-0.05, 0) is 36.4 Å². The first-order valence-electron chi connectivity index (χ1n) is 8.55. The van der Waals surface area contributed by atoms with Crippen LogP contribution >= 0.6 is 27.7 Å². The molecule has 0 bridgehead atoms. The molecule has 0 saturated carbocycles. The Hall–Kier alpha value is -2.91. The van der Waals surface area contributed by atoms with Crippen LogP contribution in [0.1, 0.15) is 22.5 Å². The fourth-order valence-electron chi connectivity index (χ4n) is 2.95. The van der Waals surface area contributed by atoms with Crippen LogP contribution in [0.4, 0.5) is 10.5 Å². The van der Waals surface area contributed by atoms with Crippen molar-refractivity contribution in [3.63, 3.8) is 0 Å². The lowest BCUT2D eigenvalue weighted by Gasteiger charge is -2.08. The number of para-hydroxylation sites is 1. The molecule has 1 atom stereocenters. The predicted octanol–water partition coefficient (Wildman–Crippen LogP) is 4.11. The van der Waals surface area contributed by atoms with Crippen molar-refractivity contribution in [1.29, 1.82) is 0 Å². The molecule has 2 heterocycles. The molecular formula is C20H13BrN2O5S. The molecule has 146 valence electrons. The summed E-state index contributed by atoms with van der Waals surface area (Å²) in [4.78, 5) is 48.6. The minimum absolute atomic E-state index is 0.00137. The summed E-state index contributed by atoms with van der Waals surface area (Å²) in [5.41, 5.74) is 1.10. The van der Waals surface area contributed by atoms with Crippen LogP contribution in [0.15, 0.2) is 57.4 Å². The third-order valence-corrected chi connectivity index (χ3v) is 5.82. The van der Waals surface area contributed by atoms with Gasteiger partial charge < -0.3 is 9.73 Å². The standard InChI is InChI=1S/C20H13BrN2O5S/c21-11-7-5-10(6-8-11)17(25)18-16(12-3-1-2-4-13(12)28-18)22-15(24)9-14-19(26)23-20(27)29-14/h1-8,14H,9H2,(H,22,24)(H,23,26,27). The number of anilines is 1. The molecule has 3 amide bonds. The summed E-state index contributed by atoms with van der Waals surface area (Å²) in [6, 6.07) is 13.7. The zero-order valence-corrected chi connectivity index (χ0v) is 17.1. The summed E-state index contributed by atoms with van der Waals surface area (Å²) in [6.07, 6.45) is -0.201. The highest BCUT2D eigenvalue weighted by molar-refractivity contribution is 9.10. The van der Waals surface area contributed by atoms with Crippen LogP contribution in [0.2, 0.25) is 0 Å². The van der Waals surface area contributed by atoms with E-state index in [0.717, 1.165) is 16.2 Å². The summed E-state index contributed by atoms with van der Waals surface area (Å²) in [6.45, 7) is 0. The molecular weight excluding hydrogens is 460 g/mol. The Labute approximate surface area is 177 Å². The molecule has 1 fully saturated rings. The number of furan rings is 1. The van der Waals surface area contributed by atoms with E-state index in [-0.39, 0.29) is 23.7 Å². The van der Waals surface area contributed by atoms with Crippen molar-refractivity contribution in [3.8, 4) is 0 Å². The maximum atomic E-state index is 13.0. The third kappa shape index (κ3) is 3.96. The quantitative estimate of drug-likeness (QED) is 0.541. The van der Waals surface area contributed by atoms with E-state index in [9.17, 15) is 19.2 Å². The van der Waals surface area contributed by atoms with Gasteiger partial charge in [0, 0.05) is 21.8 Å². The molecule has 3 aromatic rings. The molecule has 4 rings (SSSR count). The van der Waals surface area contributed by atoms with Crippen LogP contribution in [0.25, 0.3) is 11.0 Å². The van der Waals surface area contributed by atoms with Crippen LogP contribution in [-0.4, -0.2) is 28.1 Å². The van der Waals surface area contributed by atoms with Gasteiger partial charge in [-0.3, -0.25) is 24.5 Å². The van der Waals surface area contributed by atoms with E-state index in [1.54, 1.807) is 48.5 Å². The van der Waals surface area contributed by atoms with Crippen LogP contribution in [-0.2, 0) is 9.59 Å². The van der Waals surface area contributed by atoms with Crippen molar-refractivity contribution in [3.05, 3.63) is 64.3 Å². The highest BCUT2D eigenvalue weighted by atomic mass is 79.9. The van der Waals surface area contributed by atoms with E-state index in [1.165, 1.54) is 0 Å². The molecule has 1 aliphatic heterocycles. The molecule has 0 radical (unpaired) electrons. The van der Waals surface area contributed by atoms with Gasteiger partial charge in [-0.15, -0.1) is 0 Å². The molecule has 0 spiro atoms.